The zero-order valence-corrected chi connectivity index (χ0v) is 16.3. The van der Waals surface area contributed by atoms with E-state index in [2.05, 4.69) is 5.32 Å². The summed E-state index contributed by atoms with van der Waals surface area (Å²) in [5.41, 5.74) is 0.998. The first-order valence-electron chi connectivity index (χ1n) is 8.83. The van der Waals surface area contributed by atoms with Gasteiger partial charge in [-0.15, -0.1) is 0 Å². The van der Waals surface area contributed by atoms with Crippen LogP contribution in [0.5, 0.6) is 23.0 Å². The summed E-state index contributed by atoms with van der Waals surface area (Å²) >= 11 is 0. The summed E-state index contributed by atoms with van der Waals surface area (Å²) in [5, 5.41) is 10.7. The van der Waals surface area contributed by atoms with Gasteiger partial charge in [0.2, 0.25) is 5.78 Å². The van der Waals surface area contributed by atoms with Gasteiger partial charge in [-0.25, -0.2) is 0 Å². The van der Waals surface area contributed by atoms with Crippen molar-refractivity contribution < 1.29 is 38.4 Å². The fraction of sp³-hybridized carbons (Fsp3) is 0.190. The first-order chi connectivity index (χ1) is 14.4. The lowest BCUT2D eigenvalue weighted by Gasteiger charge is -2.08. The number of amides is 1. The topological polar surface area (TPSA) is 120 Å². The monoisotopic (exact) mass is 413 g/mol. The SMILES string of the molecule is COc1ccc(C=C2Oc3cc(OCC(=O)NCC(=O)O)ccc3C2=O)c(OC)c1. The number of carboxylic acids is 1. The van der Waals surface area contributed by atoms with Crippen molar-refractivity contribution in [3.05, 3.63) is 53.3 Å². The quantitative estimate of drug-likeness (QED) is 0.630. The van der Waals surface area contributed by atoms with E-state index in [9.17, 15) is 14.4 Å². The van der Waals surface area contributed by atoms with Gasteiger partial charge < -0.3 is 29.4 Å². The van der Waals surface area contributed by atoms with Crippen LogP contribution in [-0.4, -0.2) is 50.1 Å². The molecule has 0 atom stereocenters. The Balaban J connectivity index is 1.73. The summed E-state index contributed by atoms with van der Waals surface area (Å²) in [6, 6.07) is 9.73. The van der Waals surface area contributed by atoms with Crippen LogP contribution in [-0.2, 0) is 9.59 Å². The number of rotatable bonds is 8. The number of allylic oxidation sites excluding steroid dienone is 1. The Hall–Kier alpha value is -4.01. The molecule has 0 aliphatic carbocycles. The molecule has 1 heterocycles. The number of carbonyl (C=O) groups is 3. The first-order valence-corrected chi connectivity index (χ1v) is 8.83. The van der Waals surface area contributed by atoms with Gasteiger partial charge in [0.25, 0.3) is 5.91 Å². The molecule has 0 bridgehead atoms. The summed E-state index contributed by atoms with van der Waals surface area (Å²) in [6.07, 6.45) is 1.57. The number of carboxylic acid groups (broad SMARTS) is 1. The van der Waals surface area contributed by atoms with Crippen molar-refractivity contribution >= 4 is 23.7 Å². The van der Waals surface area contributed by atoms with E-state index in [0.29, 0.717) is 34.1 Å². The molecule has 2 aromatic rings. The van der Waals surface area contributed by atoms with Crippen molar-refractivity contribution in [2.45, 2.75) is 0 Å². The second-order valence-corrected chi connectivity index (χ2v) is 6.16. The lowest BCUT2D eigenvalue weighted by molar-refractivity contribution is -0.138. The molecule has 0 spiro atoms. The summed E-state index contributed by atoms with van der Waals surface area (Å²) in [5.74, 6) is -0.186. The number of benzene rings is 2. The third kappa shape index (κ3) is 4.69. The third-order valence-electron chi connectivity index (χ3n) is 4.18. The van der Waals surface area contributed by atoms with E-state index < -0.39 is 18.4 Å². The molecule has 1 aliphatic heterocycles. The molecule has 30 heavy (non-hydrogen) atoms. The first kappa shape index (κ1) is 20.7. The van der Waals surface area contributed by atoms with E-state index in [1.165, 1.54) is 25.3 Å². The third-order valence-corrected chi connectivity index (χ3v) is 4.18. The Morgan fingerprint density at radius 3 is 2.57 bits per heavy atom. The molecule has 1 aliphatic rings. The van der Waals surface area contributed by atoms with Crippen molar-refractivity contribution in [2.75, 3.05) is 27.4 Å². The van der Waals surface area contributed by atoms with Crippen LogP contribution in [0.1, 0.15) is 15.9 Å². The Kier molecular flexibility index (Phi) is 6.21. The smallest absolute Gasteiger partial charge is 0.322 e. The number of hydrogen-bond donors (Lipinski definition) is 2. The fourth-order valence-corrected chi connectivity index (χ4v) is 2.71. The number of fused-ring (bicyclic) bond motifs is 1. The van der Waals surface area contributed by atoms with E-state index in [-0.39, 0.29) is 18.1 Å². The normalized spacial score (nSPS) is 13.4. The standard InChI is InChI=1S/C21H19NO8/c1-27-13-4-3-12(16(8-13)28-2)7-18-21(26)15-6-5-14(9-17(15)30-18)29-11-19(23)22-10-20(24)25/h3-9H,10-11H2,1-2H3,(H,22,23)(H,24,25). The number of ether oxygens (including phenoxy) is 4. The Morgan fingerprint density at radius 2 is 1.87 bits per heavy atom. The predicted molar refractivity (Wildman–Crippen MR) is 105 cm³/mol. The van der Waals surface area contributed by atoms with Gasteiger partial charge in [-0.2, -0.15) is 0 Å². The van der Waals surface area contributed by atoms with Crippen molar-refractivity contribution in [3.8, 4) is 23.0 Å². The highest BCUT2D eigenvalue weighted by atomic mass is 16.5. The van der Waals surface area contributed by atoms with E-state index in [0.717, 1.165) is 0 Å². The van der Waals surface area contributed by atoms with Crippen molar-refractivity contribution in [1.29, 1.82) is 0 Å². The zero-order chi connectivity index (χ0) is 21.7. The molecule has 2 aromatic carbocycles. The summed E-state index contributed by atoms with van der Waals surface area (Å²) < 4.78 is 21.5. The molecule has 9 nitrogen and oxygen atoms in total. The van der Waals surface area contributed by atoms with Crippen LogP contribution in [0, 0.1) is 0 Å². The van der Waals surface area contributed by atoms with Gasteiger partial charge in [0.1, 0.15) is 29.5 Å². The molecule has 3 rings (SSSR count). The van der Waals surface area contributed by atoms with E-state index in [1.807, 2.05) is 0 Å². The van der Waals surface area contributed by atoms with Gasteiger partial charge in [0.05, 0.1) is 19.8 Å². The molecule has 0 saturated carbocycles. The lowest BCUT2D eigenvalue weighted by atomic mass is 10.1. The average molecular weight is 413 g/mol. The number of hydrogen-bond acceptors (Lipinski definition) is 7. The van der Waals surface area contributed by atoms with E-state index in [1.54, 1.807) is 31.4 Å². The minimum absolute atomic E-state index is 0.116. The molecule has 2 N–H and O–H groups in total. The van der Waals surface area contributed by atoms with E-state index in [4.69, 9.17) is 24.1 Å². The van der Waals surface area contributed by atoms with E-state index >= 15 is 0 Å². The maximum atomic E-state index is 12.6. The van der Waals surface area contributed by atoms with Crippen LogP contribution >= 0.6 is 0 Å². The molecule has 0 saturated heterocycles. The Labute approximate surface area is 171 Å². The van der Waals surface area contributed by atoms with Crippen molar-refractivity contribution in [1.82, 2.24) is 5.32 Å². The molecular weight excluding hydrogens is 394 g/mol. The fourth-order valence-electron chi connectivity index (χ4n) is 2.71. The number of carbonyl (C=O) groups excluding carboxylic acids is 2. The molecule has 0 unspecified atom stereocenters. The molecule has 1 amide bonds. The van der Waals surface area contributed by atoms with Gasteiger partial charge >= 0.3 is 5.97 Å². The number of ketones is 1. The molecule has 0 aromatic heterocycles. The lowest BCUT2D eigenvalue weighted by Crippen LogP contribution is -2.33. The largest absolute Gasteiger partial charge is 0.497 e. The Morgan fingerprint density at radius 1 is 1.10 bits per heavy atom. The van der Waals surface area contributed by atoms with Crippen LogP contribution in [0.15, 0.2) is 42.2 Å². The molecule has 9 heteroatoms. The highest BCUT2D eigenvalue weighted by molar-refractivity contribution is 6.14. The highest BCUT2D eigenvalue weighted by Gasteiger charge is 2.28. The van der Waals surface area contributed by atoms with Crippen molar-refractivity contribution in [2.24, 2.45) is 0 Å². The maximum Gasteiger partial charge on any atom is 0.322 e. The van der Waals surface area contributed by atoms with Crippen molar-refractivity contribution in [3.63, 3.8) is 0 Å². The van der Waals surface area contributed by atoms with Gasteiger partial charge in [-0.05, 0) is 30.3 Å². The van der Waals surface area contributed by atoms with Gasteiger partial charge in [0, 0.05) is 17.7 Å². The minimum atomic E-state index is -1.15. The molecule has 156 valence electrons. The second kappa shape index (κ2) is 8.99. The highest BCUT2D eigenvalue weighted by Crippen LogP contribution is 2.36. The average Bonchev–Trinajstić information content (AvgIpc) is 3.05. The Bertz CT molecular complexity index is 1030. The summed E-state index contributed by atoms with van der Waals surface area (Å²) in [7, 11) is 3.06. The minimum Gasteiger partial charge on any atom is -0.497 e. The molecule has 0 fully saturated rings. The number of Topliss-reactive ketones (excluding diaryl/α,β-unsaturated/α-hetero) is 1. The number of nitrogens with one attached hydrogen (secondary N) is 1. The van der Waals surface area contributed by atoms with Crippen LogP contribution in [0.3, 0.4) is 0 Å². The summed E-state index contributed by atoms with van der Waals surface area (Å²) in [6.45, 7) is -0.862. The maximum absolute atomic E-state index is 12.6. The summed E-state index contributed by atoms with van der Waals surface area (Å²) in [4.78, 5) is 34.6. The van der Waals surface area contributed by atoms with Gasteiger partial charge in [-0.3, -0.25) is 14.4 Å². The predicted octanol–water partition coefficient (Wildman–Crippen LogP) is 1.90. The van der Waals surface area contributed by atoms with Crippen LogP contribution < -0.4 is 24.3 Å². The second-order valence-electron chi connectivity index (χ2n) is 6.16. The molecular formula is C21H19NO8. The number of aliphatic carboxylic acids is 1. The van der Waals surface area contributed by atoms with Crippen LogP contribution in [0.2, 0.25) is 0 Å². The van der Waals surface area contributed by atoms with Gasteiger partial charge in [0.15, 0.2) is 12.4 Å². The van der Waals surface area contributed by atoms with Gasteiger partial charge in [-0.1, -0.05) is 0 Å². The zero-order valence-electron chi connectivity index (χ0n) is 16.3. The van der Waals surface area contributed by atoms with Crippen LogP contribution in [0.4, 0.5) is 0 Å². The molecule has 0 radical (unpaired) electrons. The van der Waals surface area contributed by atoms with Crippen LogP contribution in [0.25, 0.3) is 6.08 Å². The number of methoxy groups -OCH3 is 2.